The number of Topliss-reactive ketones (excluding diaryl/α,β-unsaturated/α-hetero) is 1. The van der Waals surface area contributed by atoms with Crippen molar-refractivity contribution in [3.8, 4) is 11.5 Å². The third-order valence-corrected chi connectivity index (χ3v) is 6.49. The minimum Gasteiger partial charge on any atom is -0.507 e. The number of hydrogen-bond acceptors (Lipinski definition) is 6. The van der Waals surface area contributed by atoms with E-state index < -0.39 is 17.7 Å². The first kappa shape index (κ1) is 24.9. The highest BCUT2D eigenvalue weighted by Gasteiger charge is 2.46. The number of ketones is 1. The Morgan fingerprint density at radius 2 is 1.68 bits per heavy atom. The van der Waals surface area contributed by atoms with E-state index in [1.165, 1.54) is 11.2 Å². The zero-order valence-corrected chi connectivity index (χ0v) is 21.1. The monoisotopic (exact) mass is 509 g/mol. The van der Waals surface area contributed by atoms with Crippen LogP contribution in [0.25, 0.3) is 5.76 Å². The number of benzene rings is 3. The van der Waals surface area contributed by atoms with Crippen molar-refractivity contribution in [3.63, 3.8) is 0 Å². The predicted octanol–water partition coefficient (Wildman–Crippen LogP) is 5.80. The Bertz CT molecular complexity index is 1470. The van der Waals surface area contributed by atoms with Gasteiger partial charge in [0.25, 0.3) is 11.7 Å². The van der Waals surface area contributed by atoms with Crippen LogP contribution < -0.4 is 9.47 Å². The Morgan fingerprint density at radius 1 is 0.947 bits per heavy atom. The molecule has 1 aromatic heterocycles. The molecule has 7 nitrogen and oxygen atoms in total. The molecule has 2 heterocycles. The van der Waals surface area contributed by atoms with Gasteiger partial charge in [-0.15, -0.1) is 0 Å². The average Bonchev–Trinajstić information content (AvgIpc) is 3.54. The second-order valence-corrected chi connectivity index (χ2v) is 9.08. The van der Waals surface area contributed by atoms with Crippen molar-refractivity contribution < 1.29 is 28.6 Å². The molecular weight excluding hydrogens is 482 g/mol. The zero-order chi connectivity index (χ0) is 26.6. The number of carbonyl (C=O) groups is 2. The smallest absolute Gasteiger partial charge is 0.296 e. The SMILES string of the molecule is COc1ccc(C2C(=C(O)c3ccc(OCc4cccc(C)c4)cc3)C(=O)C(=O)N2Cc2ccco2)cc1. The number of rotatable bonds is 8. The maximum atomic E-state index is 13.2. The third kappa shape index (κ3) is 5.04. The molecule has 4 aromatic rings. The zero-order valence-electron chi connectivity index (χ0n) is 21.1. The normalized spacial score (nSPS) is 16.6. The summed E-state index contributed by atoms with van der Waals surface area (Å²) in [5, 5.41) is 11.3. The summed E-state index contributed by atoms with van der Waals surface area (Å²) in [5.41, 5.74) is 3.29. The largest absolute Gasteiger partial charge is 0.507 e. The van der Waals surface area contributed by atoms with Crippen molar-refractivity contribution in [2.45, 2.75) is 26.1 Å². The number of ether oxygens (including phenoxy) is 2. The van der Waals surface area contributed by atoms with Crippen molar-refractivity contribution in [2.24, 2.45) is 0 Å². The van der Waals surface area contributed by atoms with Gasteiger partial charge in [-0.3, -0.25) is 9.59 Å². The molecule has 7 heteroatoms. The molecule has 0 bridgehead atoms. The maximum Gasteiger partial charge on any atom is 0.296 e. The van der Waals surface area contributed by atoms with Crippen LogP contribution >= 0.6 is 0 Å². The molecule has 1 unspecified atom stereocenters. The van der Waals surface area contributed by atoms with Gasteiger partial charge in [-0.1, -0.05) is 42.0 Å². The Morgan fingerprint density at radius 3 is 2.34 bits per heavy atom. The van der Waals surface area contributed by atoms with Gasteiger partial charge in [0, 0.05) is 5.56 Å². The van der Waals surface area contributed by atoms with Gasteiger partial charge in [-0.25, -0.2) is 0 Å². The summed E-state index contributed by atoms with van der Waals surface area (Å²) in [7, 11) is 1.56. The van der Waals surface area contributed by atoms with E-state index in [1.54, 1.807) is 67.8 Å². The number of methoxy groups -OCH3 is 1. The fraction of sp³-hybridized carbons (Fsp3) is 0.161. The van der Waals surface area contributed by atoms with Crippen LogP contribution in [0.2, 0.25) is 0 Å². The molecule has 1 amide bonds. The highest BCUT2D eigenvalue weighted by molar-refractivity contribution is 6.46. The lowest BCUT2D eigenvalue weighted by molar-refractivity contribution is -0.140. The molecule has 0 aliphatic carbocycles. The van der Waals surface area contributed by atoms with E-state index in [0.29, 0.717) is 35.0 Å². The lowest BCUT2D eigenvalue weighted by Gasteiger charge is -2.24. The minimum atomic E-state index is -0.803. The van der Waals surface area contributed by atoms with Gasteiger partial charge in [0.15, 0.2) is 0 Å². The first-order valence-electron chi connectivity index (χ1n) is 12.2. The second-order valence-electron chi connectivity index (χ2n) is 9.08. The molecule has 1 aliphatic rings. The molecular formula is C31H27NO6. The van der Waals surface area contributed by atoms with Crippen LogP contribution in [-0.4, -0.2) is 28.8 Å². The number of likely N-dealkylation sites (tertiary alicyclic amines) is 1. The molecule has 5 rings (SSSR count). The molecule has 3 aromatic carbocycles. The predicted molar refractivity (Wildman–Crippen MR) is 142 cm³/mol. The first-order valence-corrected chi connectivity index (χ1v) is 12.2. The fourth-order valence-electron chi connectivity index (χ4n) is 4.58. The topological polar surface area (TPSA) is 89.2 Å². The summed E-state index contributed by atoms with van der Waals surface area (Å²) < 4.78 is 16.6. The molecule has 1 aliphatic heterocycles. The molecule has 0 saturated carbocycles. The number of furan rings is 1. The van der Waals surface area contributed by atoms with Gasteiger partial charge >= 0.3 is 0 Å². The van der Waals surface area contributed by atoms with Crippen molar-refractivity contribution in [1.82, 2.24) is 4.90 Å². The molecule has 1 atom stereocenters. The Hall–Kier alpha value is -4.78. The lowest BCUT2D eigenvalue weighted by Crippen LogP contribution is -2.29. The van der Waals surface area contributed by atoms with E-state index in [2.05, 4.69) is 6.07 Å². The van der Waals surface area contributed by atoms with Crippen molar-refractivity contribution in [2.75, 3.05) is 7.11 Å². The van der Waals surface area contributed by atoms with E-state index in [-0.39, 0.29) is 17.9 Å². The molecule has 1 N–H and O–H groups in total. The van der Waals surface area contributed by atoms with Crippen LogP contribution in [0, 0.1) is 6.92 Å². The van der Waals surface area contributed by atoms with Gasteiger partial charge in [0.05, 0.1) is 31.5 Å². The third-order valence-electron chi connectivity index (χ3n) is 6.49. The van der Waals surface area contributed by atoms with Crippen molar-refractivity contribution >= 4 is 17.4 Å². The second kappa shape index (κ2) is 10.7. The summed E-state index contributed by atoms with van der Waals surface area (Å²) in [6, 6.07) is 24.6. The van der Waals surface area contributed by atoms with Crippen LogP contribution in [0.15, 0.2) is 101 Å². The van der Waals surface area contributed by atoms with Crippen LogP contribution in [0.5, 0.6) is 11.5 Å². The quantitative estimate of drug-likeness (QED) is 0.184. The summed E-state index contributed by atoms with van der Waals surface area (Å²) in [6.45, 7) is 2.51. The van der Waals surface area contributed by atoms with Gasteiger partial charge in [0.1, 0.15) is 29.6 Å². The Kier molecular flexibility index (Phi) is 7.00. The van der Waals surface area contributed by atoms with Gasteiger partial charge in [-0.05, 0) is 66.6 Å². The molecule has 1 saturated heterocycles. The van der Waals surface area contributed by atoms with Crippen LogP contribution in [0.3, 0.4) is 0 Å². The molecule has 0 radical (unpaired) electrons. The van der Waals surface area contributed by atoms with E-state index in [0.717, 1.165) is 11.1 Å². The van der Waals surface area contributed by atoms with E-state index >= 15 is 0 Å². The number of aliphatic hydroxyl groups excluding tert-OH is 1. The Labute approximate surface area is 220 Å². The fourth-order valence-corrected chi connectivity index (χ4v) is 4.58. The number of aliphatic hydroxyl groups is 1. The van der Waals surface area contributed by atoms with Gasteiger partial charge < -0.3 is 23.9 Å². The number of amides is 1. The average molecular weight is 510 g/mol. The Balaban J connectivity index is 1.46. The molecule has 38 heavy (non-hydrogen) atoms. The molecule has 192 valence electrons. The summed E-state index contributed by atoms with van der Waals surface area (Å²) >= 11 is 0. The summed E-state index contributed by atoms with van der Waals surface area (Å²) in [4.78, 5) is 27.8. The standard InChI is InChI=1S/C31H27NO6/c1-20-5-3-6-21(17-20)19-38-25-14-10-23(11-15-25)29(33)27-28(22-8-12-24(36-2)13-9-22)32(31(35)30(27)34)18-26-7-4-16-37-26/h3-17,28,33H,18-19H2,1-2H3. The maximum absolute atomic E-state index is 13.2. The molecule has 1 fully saturated rings. The van der Waals surface area contributed by atoms with Crippen LogP contribution in [0.4, 0.5) is 0 Å². The highest BCUT2D eigenvalue weighted by atomic mass is 16.5. The number of nitrogens with zero attached hydrogens (tertiary/aromatic N) is 1. The van der Waals surface area contributed by atoms with Gasteiger partial charge in [0.2, 0.25) is 0 Å². The van der Waals surface area contributed by atoms with E-state index in [9.17, 15) is 14.7 Å². The van der Waals surface area contributed by atoms with Gasteiger partial charge in [-0.2, -0.15) is 0 Å². The first-order chi connectivity index (χ1) is 18.4. The molecule has 0 spiro atoms. The highest BCUT2D eigenvalue weighted by Crippen LogP contribution is 2.40. The van der Waals surface area contributed by atoms with E-state index in [4.69, 9.17) is 13.9 Å². The summed E-state index contributed by atoms with van der Waals surface area (Å²) in [5.74, 6) is 0.0689. The van der Waals surface area contributed by atoms with Crippen LogP contribution in [-0.2, 0) is 22.7 Å². The number of aryl methyl sites for hydroxylation is 1. The van der Waals surface area contributed by atoms with Crippen molar-refractivity contribution in [1.29, 1.82) is 0 Å². The lowest BCUT2D eigenvalue weighted by atomic mass is 9.95. The van der Waals surface area contributed by atoms with Crippen LogP contribution in [0.1, 0.15) is 34.1 Å². The van der Waals surface area contributed by atoms with Crippen molar-refractivity contribution in [3.05, 3.63) is 125 Å². The van der Waals surface area contributed by atoms with E-state index in [1.807, 2.05) is 25.1 Å². The number of carbonyl (C=O) groups excluding carboxylic acids is 2. The summed E-state index contributed by atoms with van der Waals surface area (Å²) in [6.07, 6.45) is 1.51. The number of hydrogen-bond donors (Lipinski definition) is 1. The minimum absolute atomic E-state index is 0.0140.